The molecule has 0 atom stereocenters. The molecule has 1 aromatic carbocycles. The molecule has 0 amide bonds. The Labute approximate surface area is 94.7 Å². The SMILES string of the molecule is Cc1ccccc1N(C)c1nc(CN)co1. The summed E-state index contributed by atoms with van der Waals surface area (Å²) in [5, 5.41) is 0. The zero-order valence-corrected chi connectivity index (χ0v) is 9.47. The molecule has 0 bridgehead atoms. The fourth-order valence-electron chi connectivity index (χ4n) is 1.59. The van der Waals surface area contributed by atoms with E-state index in [0.29, 0.717) is 12.6 Å². The second-order valence-corrected chi connectivity index (χ2v) is 3.67. The summed E-state index contributed by atoms with van der Waals surface area (Å²) in [4.78, 5) is 6.19. The lowest BCUT2D eigenvalue weighted by molar-refractivity contribution is 0.559. The fourth-order valence-corrected chi connectivity index (χ4v) is 1.59. The minimum Gasteiger partial charge on any atom is -0.431 e. The van der Waals surface area contributed by atoms with Gasteiger partial charge in [-0.1, -0.05) is 18.2 Å². The Morgan fingerprint density at radius 1 is 1.38 bits per heavy atom. The summed E-state index contributed by atoms with van der Waals surface area (Å²) in [5.74, 6) is 0. The fraction of sp³-hybridized carbons (Fsp3) is 0.250. The first-order valence-electron chi connectivity index (χ1n) is 5.16. The van der Waals surface area contributed by atoms with E-state index in [9.17, 15) is 0 Å². The van der Waals surface area contributed by atoms with E-state index in [2.05, 4.69) is 18.0 Å². The number of hydrogen-bond donors (Lipinski definition) is 1. The molecule has 0 radical (unpaired) electrons. The highest BCUT2D eigenvalue weighted by Gasteiger charge is 2.11. The normalized spacial score (nSPS) is 10.4. The van der Waals surface area contributed by atoms with E-state index in [0.717, 1.165) is 11.4 Å². The van der Waals surface area contributed by atoms with E-state index in [-0.39, 0.29) is 0 Å². The predicted molar refractivity (Wildman–Crippen MR) is 63.6 cm³/mol. The smallest absolute Gasteiger partial charge is 0.301 e. The van der Waals surface area contributed by atoms with Crippen molar-refractivity contribution in [2.24, 2.45) is 5.73 Å². The predicted octanol–water partition coefficient (Wildman–Crippen LogP) is 2.21. The van der Waals surface area contributed by atoms with Crippen LogP contribution in [-0.4, -0.2) is 12.0 Å². The third-order valence-corrected chi connectivity index (χ3v) is 2.51. The van der Waals surface area contributed by atoms with Gasteiger partial charge in [-0.05, 0) is 18.6 Å². The zero-order chi connectivity index (χ0) is 11.5. The third-order valence-electron chi connectivity index (χ3n) is 2.51. The maximum absolute atomic E-state index is 5.49. The third kappa shape index (κ3) is 1.92. The highest BCUT2D eigenvalue weighted by Crippen LogP contribution is 2.25. The van der Waals surface area contributed by atoms with Gasteiger partial charge in [-0.3, -0.25) is 4.90 Å². The Bertz CT molecular complexity index is 479. The number of anilines is 2. The summed E-state index contributed by atoms with van der Waals surface area (Å²) in [6.45, 7) is 2.45. The standard InChI is InChI=1S/C12H15N3O/c1-9-5-3-4-6-11(9)15(2)12-14-10(7-13)8-16-12/h3-6,8H,7,13H2,1-2H3. The van der Waals surface area contributed by atoms with Gasteiger partial charge in [-0.2, -0.15) is 4.98 Å². The van der Waals surface area contributed by atoms with Crippen molar-refractivity contribution in [3.63, 3.8) is 0 Å². The number of aryl methyl sites for hydroxylation is 1. The van der Waals surface area contributed by atoms with Crippen LogP contribution in [0.3, 0.4) is 0 Å². The molecular formula is C12H15N3O. The Balaban J connectivity index is 2.31. The van der Waals surface area contributed by atoms with Crippen LogP contribution in [0.2, 0.25) is 0 Å². The lowest BCUT2D eigenvalue weighted by atomic mass is 10.2. The zero-order valence-electron chi connectivity index (χ0n) is 9.47. The van der Waals surface area contributed by atoms with Gasteiger partial charge in [0.1, 0.15) is 6.26 Å². The van der Waals surface area contributed by atoms with Gasteiger partial charge in [0.05, 0.1) is 5.69 Å². The van der Waals surface area contributed by atoms with Crippen LogP contribution in [0.15, 0.2) is 34.9 Å². The average Bonchev–Trinajstić information content (AvgIpc) is 2.77. The minimum absolute atomic E-state index is 0.394. The monoisotopic (exact) mass is 217 g/mol. The highest BCUT2D eigenvalue weighted by atomic mass is 16.4. The van der Waals surface area contributed by atoms with Crippen molar-refractivity contribution >= 4 is 11.7 Å². The van der Waals surface area contributed by atoms with E-state index in [4.69, 9.17) is 10.2 Å². The molecule has 4 nitrogen and oxygen atoms in total. The van der Waals surface area contributed by atoms with E-state index in [1.165, 1.54) is 5.56 Å². The summed E-state index contributed by atoms with van der Waals surface area (Å²) in [6.07, 6.45) is 1.59. The maximum Gasteiger partial charge on any atom is 0.301 e. The largest absolute Gasteiger partial charge is 0.431 e. The molecule has 2 N–H and O–H groups in total. The summed E-state index contributed by atoms with van der Waals surface area (Å²) >= 11 is 0. The molecule has 4 heteroatoms. The molecule has 0 saturated carbocycles. The van der Waals surface area contributed by atoms with E-state index in [1.54, 1.807) is 6.26 Å². The number of oxazole rings is 1. The number of benzene rings is 1. The van der Waals surface area contributed by atoms with Crippen molar-refractivity contribution in [1.29, 1.82) is 0 Å². The van der Waals surface area contributed by atoms with E-state index >= 15 is 0 Å². The Morgan fingerprint density at radius 2 is 2.12 bits per heavy atom. The van der Waals surface area contributed by atoms with Crippen LogP contribution < -0.4 is 10.6 Å². The van der Waals surface area contributed by atoms with E-state index in [1.807, 2.05) is 30.1 Å². The number of aromatic nitrogens is 1. The van der Waals surface area contributed by atoms with Crippen molar-refractivity contribution in [3.8, 4) is 0 Å². The first-order valence-corrected chi connectivity index (χ1v) is 5.16. The molecule has 0 fully saturated rings. The van der Waals surface area contributed by atoms with Crippen molar-refractivity contribution in [1.82, 2.24) is 4.98 Å². The van der Waals surface area contributed by atoms with Crippen LogP contribution in [-0.2, 0) is 6.54 Å². The summed E-state index contributed by atoms with van der Waals surface area (Å²) in [6, 6.07) is 8.65. The molecule has 0 spiro atoms. The quantitative estimate of drug-likeness (QED) is 0.856. The number of para-hydroxylation sites is 1. The summed E-state index contributed by atoms with van der Waals surface area (Å²) in [5.41, 5.74) is 8.51. The molecular weight excluding hydrogens is 202 g/mol. The van der Waals surface area contributed by atoms with Crippen LogP contribution in [0, 0.1) is 6.92 Å². The van der Waals surface area contributed by atoms with Crippen LogP contribution in [0.25, 0.3) is 0 Å². The van der Waals surface area contributed by atoms with Crippen LogP contribution in [0.4, 0.5) is 11.7 Å². The van der Waals surface area contributed by atoms with Crippen molar-refractivity contribution in [2.45, 2.75) is 13.5 Å². The number of nitrogens with zero attached hydrogens (tertiary/aromatic N) is 2. The van der Waals surface area contributed by atoms with Gasteiger partial charge in [-0.25, -0.2) is 0 Å². The molecule has 0 unspecified atom stereocenters. The molecule has 0 aliphatic heterocycles. The number of hydrogen-bond acceptors (Lipinski definition) is 4. The van der Waals surface area contributed by atoms with Gasteiger partial charge >= 0.3 is 6.01 Å². The molecule has 0 saturated heterocycles. The van der Waals surface area contributed by atoms with Gasteiger partial charge < -0.3 is 10.2 Å². The maximum atomic E-state index is 5.49. The van der Waals surface area contributed by atoms with Gasteiger partial charge in [0.15, 0.2) is 0 Å². The van der Waals surface area contributed by atoms with Crippen molar-refractivity contribution < 1.29 is 4.42 Å². The molecule has 2 aromatic rings. The van der Waals surface area contributed by atoms with Gasteiger partial charge in [0.2, 0.25) is 0 Å². The number of nitrogens with two attached hydrogens (primary N) is 1. The average molecular weight is 217 g/mol. The van der Waals surface area contributed by atoms with Crippen LogP contribution >= 0.6 is 0 Å². The molecule has 16 heavy (non-hydrogen) atoms. The molecule has 84 valence electrons. The Hall–Kier alpha value is -1.81. The summed E-state index contributed by atoms with van der Waals surface area (Å²) in [7, 11) is 1.93. The minimum atomic E-state index is 0.394. The molecule has 2 rings (SSSR count). The number of rotatable bonds is 3. The highest BCUT2D eigenvalue weighted by molar-refractivity contribution is 5.59. The topological polar surface area (TPSA) is 55.3 Å². The lowest BCUT2D eigenvalue weighted by Gasteiger charge is -2.16. The van der Waals surface area contributed by atoms with Crippen molar-refractivity contribution in [3.05, 3.63) is 41.8 Å². The molecule has 0 aliphatic rings. The second kappa shape index (κ2) is 4.37. The second-order valence-electron chi connectivity index (χ2n) is 3.67. The first kappa shape index (κ1) is 10.7. The van der Waals surface area contributed by atoms with Gasteiger partial charge in [-0.15, -0.1) is 0 Å². The van der Waals surface area contributed by atoms with Gasteiger partial charge in [0.25, 0.3) is 0 Å². The van der Waals surface area contributed by atoms with Crippen molar-refractivity contribution in [2.75, 3.05) is 11.9 Å². The summed E-state index contributed by atoms with van der Waals surface area (Å²) < 4.78 is 5.36. The molecule has 1 aromatic heterocycles. The Kier molecular flexibility index (Phi) is 2.92. The van der Waals surface area contributed by atoms with Gasteiger partial charge in [0, 0.05) is 19.3 Å². The van der Waals surface area contributed by atoms with Crippen LogP contribution in [0.5, 0.6) is 0 Å². The lowest BCUT2D eigenvalue weighted by Crippen LogP contribution is -2.11. The molecule has 0 aliphatic carbocycles. The first-order chi connectivity index (χ1) is 7.72. The van der Waals surface area contributed by atoms with Crippen LogP contribution in [0.1, 0.15) is 11.3 Å². The Morgan fingerprint density at radius 3 is 2.75 bits per heavy atom. The van der Waals surface area contributed by atoms with E-state index < -0.39 is 0 Å². The molecule has 1 heterocycles.